The molecule has 0 aromatic heterocycles. The second-order valence-corrected chi connectivity index (χ2v) is 5.94. The number of hydrogen-bond donors (Lipinski definition) is 1. The molecular weight excluding hydrogens is 285 g/mol. The average molecular weight is 302 g/mol. The third kappa shape index (κ3) is 3.15. The van der Waals surface area contributed by atoms with Crippen molar-refractivity contribution in [1.82, 2.24) is 4.90 Å². The highest BCUT2D eigenvalue weighted by Crippen LogP contribution is 2.29. The normalized spacial score (nSPS) is 23.1. The molecule has 1 N–H and O–H groups in total. The van der Waals surface area contributed by atoms with Crippen molar-refractivity contribution >= 4 is 29.1 Å². The van der Waals surface area contributed by atoms with Gasteiger partial charge in [0.25, 0.3) is 5.91 Å². The molecule has 1 aliphatic rings. The van der Waals surface area contributed by atoms with E-state index in [4.69, 9.17) is 23.2 Å². The Morgan fingerprint density at radius 1 is 1.37 bits per heavy atom. The molecule has 0 saturated heterocycles. The maximum Gasteiger partial charge on any atom is 0.257 e. The number of carbonyl (C=O) groups is 1. The second kappa shape index (κ2) is 6.02. The molecular formula is C14H17Cl2NO2. The lowest BCUT2D eigenvalue weighted by Gasteiger charge is -2.35. The number of alkyl halides is 1. The third-order valence-electron chi connectivity index (χ3n) is 3.66. The quantitative estimate of drug-likeness (QED) is 0.847. The van der Waals surface area contributed by atoms with Gasteiger partial charge in [0.05, 0.1) is 10.9 Å². The zero-order valence-corrected chi connectivity index (χ0v) is 12.3. The van der Waals surface area contributed by atoms with Crippen LogP contribution in [0.5, 0.6) is 5.75 Å². The highest BCUT2D eigenvalue weighted by Gasteiger charge is 2.30. The van der Waals surface area contributed by atoms with Gasteiger partial charge in [-0.2, -0.15) is 0 Å². The standard InChI is InChI=1S/C14H17Cl2NO2/c1-17(12-5-3-2-4-11(12)16)14(19)10-7-6-9(15)8-13(10)18/h6-8,11-12,18H,2-5H2,1H3. The molecule has 1 aromatic carbocycles. The number of carbonyl (C=O) groups excluding carboxylic acids is 1. The molecule has 1 aromatic rings. The van der Waals surface area contributed by atoms with Crippen molar-refractivity contribution in [3.05, 3.63) is 28.8 Å². The fourth-order valence-corrected chi connectivity index (χ4v) is 3.14. The van der Waals surface area contributed by atoms with Gasteiger partial charge in [-0.3, -0.25) is 4.79 Å². The molecule has 3 nitrogen and oxygen atoms in total. The molecule has 1 amide bonds. The first-order chi connectivity index (χ1) is 9.00. The van der Waals surface area contributed by atoms with Gasteiger partial charge in [0.15, 0.2) is 0 Å². The molecule has 0 heterocycles. The van der Waals surface area contributed by atoms with Gasteiger partial charge in [0.2, 0.25) is 0 Å². The Kier molecular flexibility index (Phi) is 4.58. The van der Waals surface area contributed by atoms with E-state index in [1.54, 1.807) is 24.1 Å². The van der Waals surface area contributed by atoms with Crippen molar-refractivity contribution in [2.75, 3.05) is 7.05 Å². The zero-order valence-electron chi connectivity index (χ0n) is 10.8. The first-order valence-electron chi connectivity index (χ1n) is 6.40. The van der Waals surface area contributed by atoms with Gasteiger partial charge in [0, 0.05) is 18.1 Å². The Morgan fingerprint density at radius 3 is 2.68 bits per heavy atom. The number of rotatable bonds is 2. The molecule has 0 bridgehead atoms. The van der Waals surface area contributed by atoms with Crippen LogP contribution < -0.4 is 0 Å². The van der Waals surface area contributed by atoms with Gasteiger partial charge in [-0.15, -0.1) is 11.6 Å². The Bertz CT molecular complexity index is 479. The van der Waals surface area contributed by atoms with Gasteiger partial charge in [-0.25, -0.2) is 0 Å². The van der Waals surface area contributed by atoms with Crippen LogP contribution in [0.1, 0.15) is 36.0 Å². The first kappa shape index (κ1) is 14.5. The number of benzene rings is 1. The average Bonchev–Trinajstić information content (AvgIpc) is 2.38. The lowest BCUT2D eigenvalue weighted by atomic mass is 9.93. The molecule has 2 atom stereocenters. The number of amides is 1. The minimum absolute atomic E-state index is 0.0165. The molecule has 0 spiro atoms. The lowest BCUT2D eigenvalue weighted by molar-refractivity contribution is 0.0697. The maximum atomic E-state index is 12.4. The van der Waals surface area contributed by atoms with E-state index in [-0.39, 0.29) is 28.6 Å². The van der Waals surface area contributed by atoms with E-state index >= 15 is 0 Å². The largest absolute Gasteiger partial charge is 0.507 e. The Balaban J connectivity index is 2.18. The van der Waals surface area contributed by atoms with Gasteiger partial charge < -0.3 is 10.0 Å². The highest BCUT2D eigenvalue weighted by atomic mass is 35.5. The van der Waals surface area contributed by atoms with Crippen LogP contribution in [-0.4, -0.2) is 34.4 Å². The lowest BCUT2D eigenvalue weighted by Crippen LogP contribution is -2.44. The summed E-state index contributed by atoms with van der Waals surface area (Å²) in [5, 5.41) is 10.2. The highest BCUT2D eigenvalue weighted by molar-refractivity contribution is 6.30. The van der Waals surface area contributed by atoms with E-state index < -0.39 is 0 Å². The monoisotopic (exact) mass is 301 g/mol. The van der Waals surface area contributed by atoms with Crippen molar-refractivity contribution in [3.63, 3.8) is 0 Å². The fraction of sp³-hybridized carbons (Fsp3) is 0.500. The van der Waals surface area contributed by atoms with Crippen LogP contribution >= 0.6 is 23.2 Å². The molecule has 19 heavy (non-hydrogen) atoms. The Morgan fingerprint density at radius 2 is 2.05 bits per heavy atom. The van der Waals surface area contributed by atoms with Crippen LogP contribution in [-0.2, 0) is 0 Å². The molecule has 1 saturated carbocycles. The van der Waals surface area contributed by atoms with E-state index in [0.29, 0.717) is 5.02 Å². The van der Waals surface area contributed by atoms with Crippen molar-refractivity contribution in [3.8, 4) is 5.75 Å². The van der Waals surface area contributed by atoms with E-state index in [1.807, 2.05) is 0 Å². The smallest absolute Gasteiger partial charge is 0.257 e. The third-order valence-corrected chi connectivity index (χ3v) is 4.40. The maximum absolute atomic E-state index is 12.4. The number of aromatic hydroxyl groups is 1. The molecule has 5 heteroatoms. The molecule has 1 fully saturated rings. The van der Waals surface area contributed by atoms with Gasteiger partial charge >= 0.3 is 0 Å². The van der Waals surface area contributed by atoms with Gasteiger partial charge in [-0.1, -0.05) is 24.4 Å². The Hall–Kier alpha value is -0.930. The summed E-state index contributed by atoms with van der Waals surface area (Å²) in [6, 6.07) is 4.55. The predicted molar refractivity (Wildman–Crippen MR) is 77.1 cm³/mol. The predicted octanol–water partition coefficient (Wildman–Crippen LogP) is 3.67. The van der Waals surface area contributed by atoms with Gasteiger partial charge in [-0.05, 0) is 31.0 Å². The van der Waals surface area contributed by atoms with E-state index in [2.05, 4.69) is 0 Å². The number of nitrogens with zero attached hydrogens (tertiary/aromatic N) is 1. The molecule has 2 rings (SSSR count). The van der Waals surface area contributed by atoms with Crippen LogP contribution in [0.4, 0.5) is 0 Å². The topological polar surface area (TPSA) is 40.5 Å². The van der Waals surface area contributed by atoms with E-state index in [1.165, 1.54) is 6.07 Å². The summed E-state index contributed by atoms with van der Waals surface area (Å²) < 4.78 is 0. The Labute approximate surface area is 123 Å². The van der Waals surface area contributed by atoms with Crippen LogP contribution in [0.2, 0.25) is 5.02 Å². The van der Waals surface area contributed by atoms with Crippen molar-refractivity contribution in [1.29, 1.82) is 0 Å². The van der Waals surface area contributed by atoms with Crippen molar-refractivity contribution < 1.29 is 9.90 Å². The number of halogens is 2. The minimum atomic E-state index is -0.216. The molecule has 1 aliphatic carbocycles. The van der Waals surface area contributed by atoms with Crippen LogP contribution in [0.3, 0.4) is 0 Å². The first-order valence-corrected chi connectivity index (χ1v) is 7.22. The van der Waals surface area contributed by atoms with Crippen molar-refractivity contribution in [2.45, 2.75) is 37.1 Å². The SMILES string of the molecule is CN(C(=O)c1ccc(Cl)cc1O)C1CCCCC1Cl. The van der Waals surface area contributed by atoms with Crippen LogP contribution in [0.15, 0.2) is 18.2 Å². The summed E-state index contributed by atoms with van der Waals surface area (Å²) in [4.78, 5) is 14.0. The number of phenolic OH excluding ortho intramolecular Hbond substituents is 1. The molecule has 104 valence electrons. The summed E-state index contributed by atoms with van der Waals surface area (Å²) in [6.45, 7) is 0. The van der Waals surface area contributed by atoms with E-state index in [0.717, 1.165) is 25.7 Å². The van der Waals surface area contributed by atoms with E-state index in [9.17, 15) is 9.90 Å². The summed E-state index contributed by atoms with van der Waals surface area (Å²) >= 11 is 12.1. The summed E-state index contributed by atoms with van der Waals surface area (Å²) in [7, 11) is 1.74. The zero-order chi connectivity index (χ0) is 14.0. The fourth-order valence-electron chi connectivity index (χ4n) is 2.53. The second-order valence-electron chi connectivity index (χ2n) is 4.95. The van der Waals surface area contributed by atoms with Crippen molar-refractivity contribution in [2.24, 2.45) is 0 Å². The summed E-state index contributed by atoms with van der Waals surface area (Å²) in [5.41, 5.74) is 0.265. The number of hydrogen-bond acceptors (Lipinski definition) is 2. The molecule has 2 unspecified atom stereocenters. The van der Waals surface area contributed by atoms with Crippen LogP contribution in [0.25, 0.3) is 0 Å². The summed E-state index contributed by atoms with van der Waals surface area (Å²) in [5.74, 6) is -0.307. The van der Waals surface area contributed by atoms with Crippen LogP contribution in [0, 0.1) is 0 Å². The minimum Gasteiger partial charge on any atom is -0.507 e. The number of phenols is 1. The molecule has 0 aliphatic heterocycles. The molecule has 0 radical (unpaired) electrons. The van der Waals surface area contributed by atoms with Gasteiger partial charge in [0.1, 0.15) is 5.75 Å². The summed E-state index contributed by atoms with van der Waals surface area (Å²) in [6.07, 6.45) is 4.03.